The van der Waals surface area contributed by atoms with E-state index in [9.17, 15) is 13.6 Å². The molecule has 1 amide bonds. The summed E-state index contributed by atoms with van der Waals surface area (Å²) in [5.74, 6) is -0.133. The van der Waals surface area contributed by atoms with Crippen LogP contribution in [0.2, 0.25) is 0 Å². The first-order valence-corrected chi connectivity index (χ1v) is 5.94. The van der Waals surface area contributed by atoms with Gasteiger partial charge in [-0.2, -0.15) is 0 Å². The summed E-state index contributed by atoms with van der Waals surface area (Å²) in [6.07, 6.45) is -2.68. The van der Waals surface area contributed by atoms with Crippen LogP contribution in [-0.4, -0.2) is 56.3 Å². The second kappa shape index (κ2) is 7.64. The molecule has 0 aliphatic carbocycles. The summed E-state index contributed by atoms with van der Waals surface area (Å²) in [5.41, 5.74) is 0.112. The molecule has 0 saturated heterocycles. The van der Waals surface area contributed by atoms with Crippen molar-refractivity contribution in [1.82, 2.24) is 4.90 Å². The number of carbonyl (C=O) groups excluding carboxylic acids is 1. The molecule has 112 valence electrons. The molecular weight excluding hydrogens is 272 g/mol. The molecule has 0 aliphatic rings. The predicted molar refractivity (Wildman–Crippen MR) is 68.5 cm³/mol. The number of para-hydroxylation sites is 1. The number of nitrogens with zero attached hydrogens (tertiary/aromatic N) is 1. The van der Waals surface area contributed by atoms with Gasteiger partial charge in [0.2, 0.25) is 0 Å². The van der Waals surface area contributed by atoms with E-state index in [1.165, 1.54) is 20.3 Å². The quantitative estimate of drug-likeness (QED) is 0.824. The van der Waals surface area contributed by atoms with Crippen molar-refractivity contribution in [2.24, 2.45) is 0 Å². The van der Waals surface area contributed by atoms with Gasteiger partial charge in [0.15, 0.2) is 11.5 Å². The summed E-state index contributed by atoms with van der Waals surface area (Å²) in [6.45, 7) is -1.33. The van der Waals surface area contributed by atoms with Crippen molar-refractivity contribution in [3.05, 3.63) is 23.8 Å². The SMILES string of the molecule is COc1cccc(C(=O)N(CCO)CC(F)F)c1OC. The Kier molecular flexibility index (Phi) is 6.17. The molecule has 0 aliphatic heterocycles. The van der Waals surface area contributed by atoms with Crippen LogP contribution in [0.3, 0.4) is 0 Å². The smallest absolute Gasteiger partial charge is 0.258 e. The molecule has 20 heavy (non-hydrogen) atoms. The third-order valence-corrected chi connectivity index (χ3v) is 2.65. The molecule has 5 nitrogen and oxygen atoms in total. The number of aliphatic hydroxyl groups excluding tert-OH is 1. The number of methoxy groups -OCH3 is 2. The Morgan fingerprint density at radius 2 is 2.05 bits per heavy atom. The Balaban J connectivity index is 3.10. The molecular formula is C13H17F2NO4. The molecule has 0 unspecified atom stereocenters. The molecule has 0 saturated carbocycles. The van der Waals surface area contributed by atoms with Crippen molar-refractivity contribution in [1.29, 1.82) is 0 Å². The minimum Gasteiger partial charge on any atom is -0.493 e. The van der Waals surface area contributed by atoms with Crippen LogP contribution in [0.25, 0.3) is 0 Å². The van der Waals surface area contributed by atoms with Gasteiger partial charge in [-0.05, 0) is 12.1 Å². The summed E-state index contributed by atoms with van der Waals surface area (Å²) in [6, 6.07) is 4.62. The zero-order valence-electron chi connectivity index (χ0n) is 11.3. The number of halogens is 2. The van der Waals surface area contributed by atoms with Gasteiger partial charge in [-0.3, -0.25) is 4.79 Å². The van der Waals surface area contributed by atoms with Crippen molar-refractivity contribution in [3.63, 3.8) is 0 Å². The third-order valence-electron chi connectivity index (χ3n) is 2.65. The lowest BCUT2D eigenvalue weighted by Crippen LogP contribution is -2.37. The highest BCUT2D eigenvalue weighted by atomic mass is 19.3. The minimum atomic E-state index is -2.68. The standard InChI is InChI=1S/C13H17F2NO4/c1-19-10-5-3-4-9(12(10)20-2)13(18)16(6-7-17)8-11(14)15/h3-5,11,17H,6-8H2,1-2H3. The van der Waals surface area contributed by atoms with Crippen molar-refractivity contribution in [2.45, 2.75) is 6.43 Å². The van der Waals surface area contributed by atoms with Gasteiger partial charge in [-0.1, -0.05) is 6.07 Å². The molecule has 0 radical (unpaired) electrons. The summed E-state index contributed by atoms with van der Waals surface area (Å²) in [4.78, 5) is 13.1. The summed E-state index contributed by atoms with van der Waals surface area (Å²) in [7, 11) is 2.77. The highest BCUT2D eigenvalue weighted by Gasteiger charge is 2.23. The molecule has 1 aromatic rings. The second-order valence-electron chi connectivity index (χ2n) is 3.91. The molecule has 1 rings (SSSR count). The lowest BCUT2D eigenvalue weighted by atomic mass is 10.1. The van der Waals surface area contributed by atoms with E-state index in [1.807, 2.05) is 0 Å². The predicted octanol–water partition coefficient (Wildman–Crippen LogP) is 1.40. The molecule has 1 aromatic carbocycles. The maximum Gasteiger partial charge on any atom is 0.258 e. The topological polar surface area (TPSA) is 59.0 Å². The molecule has 0 atom stereocenters. The normalized spacial score (nSPS) is 10.5. The van der Waals surface area contributed by atoms with Crippen LogP contribution in [-0.2, 0) is 0 Å². The molecule has 1 N–H and O–H groups in total. The number of amides is 1. The number of aliphatic hydroxyl groups is 1. The molecule has 0 fully saturated rings. The Bertz CT molecular complexity index is 454. The van der Waals surface area contributed by atoms with Crippen LogP contribution >= 0.6 is 0 Å². The van der Waals surface area contributed by atoms with Gasteiger partial charge in [0.25, 0.3) is 12.3 Å². The number of hydrogen-bond donors (Lipinski definition) is 1. The van der Waals surface area contributed by atoms with Gasteiger partial charge < -0.3 is 19.5 Å². The van der Waals surface area contributed by atoms with Crippen LogP contribution < -0.4 is 9.47 Å². The van der Waals surface area contributed by atoms with Crippen molar-refractivity contribution in [2.75, 3.05) is 33.9 Å². The Morgan fingerprint density at radius 1 is 1.35 bits per heavy atom. The van der Waals surface area contributed by atoms with Crippen LogP contribution in [0, 0.1) is 0 Å². The first-order valence-electron chi connectivity index (χ1n) is 5.94. The lowest BCUT2D eigenvalue weighted by Gasteiger charge is -2.22. The monoisotopic (exact) mass is 289 g/mol. The number of hydrogen-bond acceptors (Lipinski definition) is 4. The van der Waals surface area contributed by atoms with Gasteiger partial charge >= 0.3 is 0 Å². The largest absolute Gasteiger partial charge is 0.493 e. The maximum atomic E-state index is 12.5. The number of rotatable bonds is 7. The number of ether oxygens (including phenoxy) is 2. The molecule has 0 heterocycles. The molecule has 0 spiro atoms. The van der Waals surface area contributed by atoms with Crippen LogP contribution in [0.4, 0.5) is 8.78 Å². The molecule has 7 heteroatoms. The van der Waals surface area contributed by atoms with Crippen LogP contribution in [0.15, 0.2) is 18.2 Å². The van der Waals surface area contributed by atoms with E-state index in [1.54, 1.807) is 12.1 Å². The average molecular weight is 289 g/mol. The van der Waals surface area contributed by atoms with Gasteiger partial charge in [0.1, 0.15) is 0 Å². The first-order chi connectivity index (χ1) is 9.54. The van der Waals surface area contributed by atoms with E-state index in [0.29, 0.717) is 5.75 Å². The minimum absolute atomic E-state index is 0.112. The van der Waals surface area contributed by atoms with E-state index < -0.39 is 25.5 Å². The van der Waals surface area contributed by atoms with E-state index in [0.717, 1.165) is 4.90 Å². The third kappa shape index (κ3) is 3.80. The fourth-order valence-electron chi connectivity index (χ4n) is 1.79. The fraction of sp³-hybridized carbons (Fsp3) is 0.462. The summed E-state index contributed by atoms with van der Waals surface area (Å²) < 4.78 is 35.1. The number of benzene rings is 1. The highest BCUT2D eigenvalue weighted by molar-refractivity contribution is 5.97. The zero-order chi connectivity index (χ0) is 15.1. The van der Waals surface area contributed by atoms with Crippen LogP contribution in [0.1, 0.15) is 10.4 Å². The zero-order valence-corrected chi connectivity index (χ0v) is 11.3. The maximum absolute atomic E-state index is 12.5. The van der Waals surface area contributed by atoms with Crippen molar-refractivity contribution < 1.29 is 28.2 Å². The average Bonchev–Trinajstić information content (AvgIpc) is 2.44. The number of carbonyl (C=O) groups is 1. The summed E-state index contributed by atoms with van der Waals surface area (Å²) >= 11 is 0. The second-order valence-corrected chi connectivity index (χ2v) is 3.91. The van der Waals surface area contributed by atoms with Gasteiger partial charge in [-0.15, -0.1) is 0 Å². The van der Waals surface area contributed by atoms with E-state index in [4.69, 9.17) is 14.6 Å². The Morgan fingerprint density at radius 3 is 2.55 bits per heavy atom. The van der Waals surface area contributed by atoms with Crippen molar-refractivity contribution >= 4 is 5.91 Å². The van der Waals surface area contributed by atoms with Gasteiger partial charge in [0.05, 0.1) is 32.9 Å². The highest BCUT2D eigenvalue weighted by Crippen LogP contribution is 2.31. The Labute approximate surface area is 115 Å². The van der Waals surface area contributed by atoms with E-state index in [2.05, 4.69) is 0 Å². The summed E-state index contributed by atoms with van der Waals surface area (Å²) in [5, 5.41) is 8.88. The molecule has 0 aromatic heterocycles. The van der Waals surface area contributed by atoms with E-state index >= 15 is 0 Å². The first kappa shape index (κ1) is 16.2. The van der Waals surface area contributed by atoms with Crippen molar-refractivity contribution in [3.8, 4) is 11.5 Å². The Hall–Kier alpha value is -1.89. The molecule has 0 bridgehead atoms. The van der Waals surface area contributed by atoms with Crippen LogP contribution in [0.5, 0.6) is 11.5 Å². The van der Waals surface area contributed by atoms with Gasteiger partial charge in [-0.25, -0.2) is 8.78 Å². The number of alkyl halides is 2. The van der Waals surface area contributed by atoms with E-state index in [-0.39, 0.29) is 17.9 Å². The fourth-order valence-corrected chi connectivity index (χ4v) is 1.79. The van der Waals surface area contributed by atoms with Gasteiger partial charge in [0, 0.05) is 6.54 Å². The lowest BCUT2D eigenvalue weighted by molar-refractivity contribution is 0.0506.